The molecule has 0 unspecified atom stereocenters. The van der Waals surface area contributed by atoms with Crippen molar-refractivity contribution in [2.75, 3.05) is 7.11 Å². The topological polar surface area (TPSA) is 76.4 Å². The van der Waals surface area contributed by atoms with Crippen LogP contribution >= 0.6 is 0 Å². The molecule has 2 N–H and O–H groups in total. The second-order valence-electron chi connectivity index (χ2n) is 5.89. The molecule has 0 aliphatic heterocycles. The minimum absolute atomic E-state index is 0.0789. The van der Waals surface area contributed by atoms with Gasteiger partial charge in [-0.15, -0.1) is 0 Å². The highest BCUT2D eigenvalue weighted by Crippen LogP contribution is 2.26. The van der Waals surface area contributed by atoms with Gasteiger partial charge in [-0.25, -0.2) is 18.3 Å². The average Bonchev–Trinajstić information content (AvgIpc) is 3.09. The minimum Gasteiger partial charge on any atom is -0.497 e. The van der Waals surface area contributed by atoms with Gasteiger partial charge in [0.05, 0.1) is 12.8 Å². The quantitative estimate of drug-likeness (QED) is 0.711. The Bertz CT molecular complexity index is 979. The SMILES string of the molecule is COc1cc(F)c(-n2ccc(-c3ccc(C)c(CNC(=O)O)c3)n2)c(F)c1. The van der Waals surface area contributed by atoms with Gasteiger partial charge in [-0.05, 0) is 30.2 Å². The summed E-state index contributed by atoms with van der Waals surface area (Å²) in [7, 11) is 1.33. The Morgan fingerprint density at radius 1 is 1.22 bits per heavy atom. The predicted molar refractivity (Wildman–Crippen MR) is 95.1 cm³/mol. The third-order valence-corrected chi connectivity index (χ3v) is 4.12. The van der Waals surface area contributed by atoms with Gasteiger partial charge in [0.2, 0.25) is 0 Å². The number of carboxylic acid groups (broad SMARTS) is 1. The van der Waals surface area contributed by atoms with Crippen LogP contribution in [0.25, 0.3) is 16.9 Å². The summed E-state index contributed by atoms with van der Waals surface area (Å²) >= 11 is 0. The number of hydrogen-bond donors (Lipinski definition) is 2. The maximum atomic E-state index is 14.2. The Hall–Kier alpha value is -3.42. The first-order chi connectivity index (χ1) is 12.9. The number of rotatable bonds is 5. The average molecular weight is 373 g/mol. The summed E-state index contributed by atoms with van der Waals surface area (Å²) in [5, 5.41) is 15.3. The Morgan fingerprint density at radius 3 is 2.56 bits per heavy atom. The third kappa shape index (κ3) is 3.89. The van der Waals surface area contributed by atoms with Crippen LogP contribution in [0.4, 0.5) is 13.6 Å². The Balaban J connectivity index is 1.95. The summed E-state index contributed by atoms with van der Waals surface area (Å²) in [6, 6.07) is 9.23. The predicted octanol–water partition coefficient (Wildman–Crippen LogP) is 3.90. The first kappa shape index (κ1) is 18.4. The molecule has 0 fully saturated rings. The van der Waals surface area contributed by atoms with Crippen molar-refractivity contribution in [3.63, 3.8) is 0 Å². The number of methoxy groups -OCH3 is 1. The van der Waals surface area contributed by atoms with Gasteiger partial charge < -0.3 is 15.2 Å². The summed E-state index contributed by atoms with van der Waals surface area (Å²) < 4.78 is 34.5. The summed E-state index contributed by atoms with van der Waals surface area (Å²) in [6.45, 7) is 2.01. The molecule has 140 valence electrons. The fourth-order valence-corrected chi connectivity index (χ4v) is 2.67. The van der Waals surface area contributed by atoms with Crippen molar-refractivity contribution in [3.8, 4) is 22.7 Å². The molecule has 0 spiro atoms. The van der Waals surface area contributed by atoms with Gasteiger partial charge >= 0.3 is 6.09 Å². The highest BCUT2D eigenvalue weighted by atomic mass is 19.1. The van der Waals surface area contributed by atoms with Gasteiger partial charge in [0.1, 0.15) is 11.4 Å². The van der Waals surface area contributed by atoms with Crippen molar-refractivity contribution in [1.82, 2.24) is 15.1 Å². The molecular weight excluding hydrogens is 356 g/mol. The molecule has 27 heavy (non-hydrogen) atoms. The van der Waals surface area contributed by atoms with Crippen molar-refractivity contribution < 1.29 is 23.4 Å². The summed E-state index contributed by atoms with van der Waals surface area (Å²) in [5.41, 5.74) is 2.60. The first-order valence-corrected chi connectivity index (χ1v) is 8.05. The zero-order valence-corrected chi connectivity index (χ0v) is 14.7. The number of nitrogens with zero attached hydrogens (tertiary/aromatic N) is 2. The lowest BCUT2D eigenvalue weighted by atomic mass is 10.0. The summed E-state index contributed by atoms with van der Waals surface area (Å²) in [4.78, 5) is 10.7. The second kappa shape index (κ2) is 7.45. The van der Waals surface area contributed by atoms with Crippen molar-refractivity contribution in [3.05, 3.63) is 65.4 Å². The van der Waals surface area contributed by atoms with Crippen LogP contribution in [0.1, 0.15) is 11.1 Å². The van der Waals surface area contributed by atoms with E-state index in [0.29, 0.717) is 11.3 Å². The third-order valence-electron chi connectivity index (χ3n) is 4.12. The first-order valence-electron chi connectivity index (χ1n) is 8.05. The second-order valence-corrected chi connectivity index (χ2v) is 5.89. The largest absolute Gasteiger partial charge is 0.497 e. The Morgan fingerprint density at radius 2 is 1.93 bits per heavy atom. The van der Waals surface area contributed by atoms with Crippen LogP contribution < -0.4 is 10.1 Å². The monoisotopic (exact) mass is 373 g/mol. The molecular formula is C19H17F2N3O3. The van der Waals surface area contributed by atoms with Gasteiger partial charge in [-0.3, -0.25) is 0 Å². The molecule has 1 amide bonds. The fourth-order valence-electron chi connectivity index (χ4n) is 2.67. The van der Waals surface area contributed by atoms with Crippen LogP contribution in [0.5, 0.6) is 5.75 Å². The molecule has 0 bridgehead atoms. The number of carbonyl (C=O) groups is 1. The number of amides is 1. The van der Waals surface area contributed by atoms with Crippen molar-refractivity contribution in [2.24, 2.45) is 0 Å². The van der Waals surface area contributed by atoms with E-state index >= 15 is 0 Å². The normalized spacial score (nSPS) is 10.7. The minimum atomic E-state index is -1.12. The molecule has 0 atom stereocenters. The highest BCUT2D eigenvalue weighted by molar-refractivity contribution is 5.65. The number of halogens is 2. The Kier molecular flexibility index (Phi) is 5.07. The number of aromatic nitrogens is 2. The molecule has 1 aromatic heterocycles. The van der Waals surface area contributed by atoms with Crippen LogP contribution in [-0.4, -0.2) is 28.1 Å². The van der Waals surface area contributed by atoms with Gasteiger partial charge in [-0.2, -0.15) is 5.10 Å². The molecule has 8 heteroatoms. The van der Waals surface area contributed by atoms with Gasteiger partial charge in [0.25, 0.3) is 0 Å². The van der Waals surface area contributed by atoms with Crippen molar-refractivity contribution >= 4 is 6.09 Å². The smallest absolute Gasteiger partial charge is 0.404 e. The van der Waals surface area contributed by atoms with Crippen LogP contribution in [0.3, 0.4) is 0 Å². The number of ether oxygens (including phenoxy) is 1. The molecule has 1 heterocycles. The Labute approximate surface area is 154 Å². The maximum absolute atomic E-state index is 14.2. The summed E-state index contributed by atoms with van der Waals surface area (Å²) in [6.07, 6.45) is 0.341. The highest BCUT2D eigenvalue weighted by Gasteiger charge is 2.16. The van der Waals surface area contributed by atoms with E-state index in [1.54, 1.807) is 12.1 Å². The molecule has 0 aliphatic rings. The molecule has 0 aliphatic carbocycles. The molecule has 0 radical (unpaired) electrons. The van der Waals surface area contributed by atoms with E-state index in [1.807, 2.05) is 19.1 Å². The summed E-state index contributed by atoms with van der Waals surface area (Å²) in [5.74, 6) is -1.51. The zero-order chi connectivity index (χ0) is 19.6. The van der Waals surface area contributed by atoms with Gasteiger partial charge in [0, 0.05) is 30.4 Å². The number of benzene rings is 2. The van der Waals surface area contributed by atoms with E-state index in [9.17, 15) is 13.6 Å². The van der Waals surface area contributed by atoms with E-state index in [4.69, 9.17) is 9.84 Å². The van der Waals surface area contributed by atoms with Gasteiger partial charge in [-0.1, -0.05) is 12.1 Å². The standard InChI is InChI=1S/C19H17F2N3O3/c1-11-3-4-12(7-13(11)10-22-19(25)26)17-5-6-24(23-17)18-15(20)8-14(27-2)9-16(18)21/h3-9,22H,10H2,1-2H3,(H,25,26). The van der Waals surface area contributed by atoms with Crippen LogP contribution in [-0.2, 0) is 6.54 Å². The lowest BCUT2D eigenvalue weighted by molar-refractivity contribution is 0.194. The molecule has 3 rings (SSSR count). The molecule has 0 saturated carbocycles. The lowest BCUT2D eigenvalue weighted by Gasteiger charge is -2.09. The van der Waals surface area contributed by atoms with Crippen LogP contribution in [0.2, 0.25) is 0 Å². The molecule has 0 saturated heterocycles. The van der Waals surface area contributed by atoms with E-state index in [1.165, 1.54) is 13.3 Å². The number of hydrogen-bond acceptors (Lipinski definition) is 3. The van der Waals surface area contributed by atoms with Crippen molar-refractivity contribution in [2.45, 2.75) is 13.5 Å². The van der Waals surface area contributed by atoms with Crippen LogP contribution in [0.15, 0.2) is 42.6 Å². The van der Waals surface area contributed by atoms with E-state index < -0.39 is 17.7 Å². The van der Waals surface area contributed by atoms with E-state index in [-0.39, 0.29) is 18.0 Å². The van der Waals surface area contributed by atoms with Crippen LogP contribution in [0, 0.1) is 18.6 Å². The molecule has 2 aromatic carbocycles. The molecule has 6 nitrogen and oxygen atoms in total. The van der Waals surface area contributed by atoms with E-state index in [0.717, 1.165) is 27.9 Å². The number of nitrogens with one attached hydrogen (secondary N) is 1. The van der Waals surface area contributed by atoms with Crippen molar-refractivity contribution in [1.29, 1.82) is 0 Å². The lowest BCUT2D eigenvalue weighted by Crippen LogP contribution is -2.20. The number of aryl methyl sites for hydroxylation is 1. The zero-order valence-electron chi connectivity index (χ0n) is 14.7. The van der Waals surface area contributed by atoms with Gasteiger partial charge in [0.15, 0.2) is 11.6 Å². The maximum Gasteiger partial charge on any atom is 0.404 e. The molecule has 3 aromatic rings. The fraction of sp³-hybridized carbons (Fsp3) is 0.158. The van der Waals surface area contributed by atoms with E-state index in [2.05, 4.69) is 10.4 Å².